The second-order valence-corrected chi connectivity index (χ2v) is 7.79. The molecule has 3 rings (SSSR count). The predicted molar refractivity (Wildman–Crippen MR) is 119 cm³/mol. The van der Waals surface area contributed by atoms with Gasteiger partial charge in [0.15, 0.2) is 5.96 Å². The minimum Gasteiger partial charge on any atom is -0.361 e. The van der Waals surface area contributed by atoms with E-state index in [1.807, 2.05) is 6.07 Å². The van der Waals surface area contributed by atoms with Crippen molar-refractivity contribution in [2.24, 2.45) is 4.99 Å². The first-order chi connectivity index (χ1) is 14.1. The predicted octanol–water partition coefficient (Wildman–Crippen LogP) is 1.82. The molecular formula is C22H34N6O. The summed E-state index contributed by atoms with van der Waals surface area (Å²) in [5, 5.41) is 8.12. The number of benzene rings is 1. The number of carbonyl (C=O) groups excluding carboxylic acids is 1. The van der Waals surface area contributed by atoms with Crippen LogP contribution >= 0.6 is 0 Å². The average Bonchev–Trinajstić information content (AvgIpc) is 3.36. The maximum absolute atomic E-state index is 12.0. The van der Waals surface area contributed by atoms with E-state index >= 15 is 0 Å². The fraction of sp³-hybridized carbons (Fsp3) is 0.545. The Kier molecular flexibility index (Phi) is 7.52. The van der Waals surface area contributed by atoms with E-state index in [1.54, 1.807) is 19.0 Å². The monoisotopic (exact) mass is 398 g/mol. The molecule has 1 amide bonds. The number of hydrogen-bond acceptors (Lipinski definition) is 3. The van der Waals surface area contributed by atoms with Crippen LogP contribution in [0.15, 0.2) is 35.5 Å². The molecule has 0 saturated carbocycles. The average molecular weight is 399 g/mol. The number of hydrogen-bond donors (Lipinski definition) is 3. The Balaban J connectivity index is 1.58. The number of amides is 1. The van der Waals surface area contributed by atoms with Crippen LogP contribution in [0.3, 0.4) is 0 Å². The third-order valence-corrected chi connectivity index (χ3v) is 5.64. The number of fused-ring (bicyclic) bond motifs is 1. The van der Waals surface area contributed by atoms with Crippen molar-refractivity contribution in [3.8, 4) is 0 Å². The first-order valence-corrected chi connectivity index (χ1v) is 10.6. The first-order valence-electron chi connectivity index (χ1n) is 10.6. The molecule has 1 unspecified atom stereocenters. The molecule has 2 aromatic rings. The maximum atomic E-state index is 12.0. The molecule has 0 radical (unpaired) electrons. The van der Waals surface area contributed by atoms with Crippen molar-refractivity contribution in [2.75, 3.05) is 46.8 Å². The molecule has 1 aromatic heterocycles. The fourth-order valence-electron chi connectivity index (χ4n) is 3.87. The molecule has 7 heteroatoms. The summed E-state index contributed by atoms with van der Waals surface area (Å²) in [7, 11) is 3.51. The van der Waals surface area contributed by atoms with Crippen molar-refractivity contribution in [1.82, 2.24) is 25.4 Å². The number of para-hydroxylation sites is 1. The molecule has 1 aliphatic rings. The van der Waals surface area contributed by atoms with Gasteiger partial charge in [-0.05, 0) is 44.0 Å². The Bertz CT molecular complexity index is 828. The summed E-state index contributed by atoms with van der Waals surface area (Å²) in [4.78, 5) is 23.9. The second-order valence-electron chi connectivity index (χ2n) is 7.79. The molecule has 0 aliphatic carbocycles. The number of H-pyrrole nitrogens is 1. The second kappa shape index (κ2) is 10.3. The van der Waals surface area contributed by atoms with Crippen LogP contribution in [0.5, 0.6) is 0 Å². The Morgan fingerprint density at radius 1 is 1.31 bits per heavy atom. The highest BCUT2D eigenvalue weighted by Gasteiger charge is 2.22. The minimum atomic E-state index is -0.00113. The van der Waals surface area contributed by atoms with E-state index < -0.39 is 0 Å². The van der Waals surface area contributed by atoms with E-state index in [0.717, 1.165) is 31.6 Å². The summed E-state index contributed by atoms with van der Waals surface area (Å²) in [6.45, 7) is 6.21. The van der Waals surface area contributed by atoms with Gasteiger partial charge in [-0.1, -0.05) is 25.1 Å². The van der Waals surface area contributed by atoms with E-state index in [-0.39, 0.29) is 12.5 Å². The molecule has 2 heterocycles. The zero-order valence-electron chi connectivity index (χ0n) is 17.9. The van der Waals surface area contributed by atoms with E-state index in [2.05, 4.69) is 56.8 Å². The van der Waals surface area contributed by atoms with Gasteiger partial charge in [0.2, 0.25) is 5.91 Å². The van der Waals surface area contributed by atoms with Crippen LogP contribution in [0, 0.1) is 0 Å². The fourth-order valence-corrected chi connectivity index (χ4v) is 3.87. The number of nitrogens with one attached hydrogen (secondary N) is 3. The van der Waals surface area contributed by atoms with Gasteiger partial charge < -0.3 is 20.5 Å². The van der Waals surface area contributed by atoms with Crippen molar-refractivity contribution in [1.29, 1.82) is 0 Å². The molecule has 7 nitrogen and oxygen atoms in total. The van der Waals surface area contributed by atoms with Crippen molar-refractivity contribution in [3.05, 3.63) is 36.0 Å². The lowest BCUT2D eigenvalue weighted by atomic mass is 10.1. The van der Waals surface area contributed by atoms with Crippen molar-refractivity contribution < 1.29 is 4.79 Å². The normalized spacial score (nSPS) is 17.6. The zero-order chi connectivity index (χ0) is 20.6. The van der Waals surface area contributed by atoms with Crippen LogP contribution in [-0.2, 0) is 11.2 Å². The topological polar surface area (TPSA) is 75.8 Å². The first kappa shape index (κ1) is 21.2. The summed E-state index contributed by atoms with van der Waals surface area (Å²) in [5.74, 6) is 0.710. The van der Waals surface area contributed by atoms with Gasteiger partial charge in [-0.25, -0.2) is 4.99 Å². The number of nitrogens with zero attached hydrogens (tertiary/aromatic N) is 3. The number of guanidine groups is 1. The molecule has 0 bridgehead atoms. The zero-order valence-corrected chi connectivity index (χ0v) is 17.9. The molecule has 1 aliphatic heterocycles. The summed E-state index contributed by atoms with van der Waals surface area (Å²) in [5.41, 5.74) is 2.44. The largest absolute Gasteiger partial charge is 0.361 e. The molecular weight excluding hydrogens is 364 g/mol. The van der Waals surface area contributed by atoms with Crippen LogP contribution in [0.25, 0.3) is 10.9 Å². The SMILES string of the molecule is CCN1CCCC1CNC(=NCC(=O)N(C)C)NCCc1c[nH]c2ccccc12. The number of carbonyl (C=O) groups is 1. The number of likely N-dealkylation sites (N-methyl/N-ethyl adjacent to an activating group) is 2. The van der Waals surface area contributed by atoms with Crippen molar-refractivity contribution in [3.63, 3.8) is 0 Å². The summed E-state index contributed by atoms with van der Waals surface area (Å²) < 4.78 is 0. The third kappa shape index (κ3) is 5.73. The minimum absolute atomic E-state index is 0.00113. The standard InChI is InChI=1S/C22H34N6O/c1-4-28-13-7-8-18(28)15-25-22(26-16-21(29)27(2)3)23-12-11-17-14-24-20-10-6-5-9-19(17)20/h5-6,9-10,14,18,24H,4,7-8,11-13,15-16H2,1-3H3,(H2,23,25,26). The Morgan fingerprint density at radius 3 is 2.93 bits per heavy atom. The molecule has 29 heavy (non-hydrogen) atoms. The smallest absolute Gasteiger partial charge is 0.243 e. The lowest BCUT2D eigenvalue weighted by Crippen LogP contribution is -2.45. The summed E-state index contributed by atoms with van der Waals surface area (Å²) in [6.07, 6.45) is 5.42. The molecule has 1 fully saturated rings. The molecule has 1 aromatic carbocycles. The number of aliphatic imine (C=N–C) groups is 1. The number of likely N-dealkylation sites (tertiary alicyclic amines) is 1. The highest BCUT2D eigenvalue weighted by molar-refractivity contribution is 5.85. The summed E-state index contributed by atoms with van der Waals surface area (Å²) in [6, 6.07) is 8.87. The van der Waals surface area contributed by atoms with Crippen molar-refractivity contribution >= 4 is 22.8 Å². The number of rotatable bonds is 8. The van der Waals surface area contributed by atoms with Gasteiger partial charge in [0.25, 0.3) is 0 Å². The van der Waals surface area contributed by atoms with E-state index in [1.165, 1.54) is 30.3 Å². The Labute approximate surface area is 173 Å². The van der Waals surface area contributed by atoms with Gasteiger partial charge >= 0.3 is 0 Å². The van der Waals surface area contributed by atoms with E-state index in [0.29, 0.717) is 12.0 Å². The Hall–Kier alpha value is -2.54. The van der Waals surface area contributed by atoms with Crippen LogP contribution in [0.4, 0.5) is 0 Å². The van der Waals surface area contributed by atoms with Crippen LogP contribution < -0.4 is 10.6 Å². The van der Waals surface area contributed by atoms with Gasteiger partial charge in [0.05, 0.1) is 0 Å². The lowest BCUT2D eigenvalue weighted by Gasteiger charge is -2.24. The van der Waals surface area contributed by atoms with Gasteiger partial charge in [0, 0.05) is 50.3 Å². The molecule has 1 atom stereocenters. The number of aromatic amines is 1. The van der Waals surface area contributed by atoms with Gasteiger partial charge in [-0.2, -0.15) is 0 Å². The Morgan fingerprint density at radius 2 is 2.14 bits per heavy atom. The quantitative estimate of drug-likeness (QED) is 0.468. The molecule has 158 valence electrons. The maximum Gasteiger partial charge on any atom is 0.243 e. The van der Waals surface area contributed by atoms with Gasteiger partial charge in [-0.3, -0.25) is 9.69 Å². The van der Waals surface area contributed by atoms with Crippen LogP contribution in [0.2, 0.25) is 0 Å². The lowest BCUT2D eigenvalue weighted by molar-refractivity contribution is -0.127. The van der Waals surface area contributed by atoms with Crippen LogP contribution in [0.1, 0.15) is 25.3 Å². The van der Waals surface area contributed by atoms with Gasteiger partial charge in [-0.15, -0.1) is 0 Å². The van der Waals surface area contributed by atoms with E-state index in [4.69, 9.17) is 0 Å². The molecule has 3 N–H and O–H groups in total. The van der Waals surface area contributed by atoms with Crippen molar-refractivity contribution in [2.45, 2.75) is 32.2 Å². The molecule has 0 spiro atoms. The molecule has 1 saturated heterocycles. The number of aromatic nitrogens is 1. The summed E-state index contributed by atoms with van der Waals surface area (Å²) >= 11 is 0. The van der Waals surface area contributed by atoms with Crippen LogP contribution in [-0.4, -0.2) is 79.5 Å². The van der Waals surface area contributed by atoms with Gasteiger partial charge in [0.1, 0.15) is 6.54 Å². The highest BCUT2D eigenvalue weighted by atomic mass is 16.2. The highest BCUT2D eigenvalue weighted by Crippen LogP contribution is 2.18. The third-order valence-electron chi connectivity index (χ3n) is 5.64. The van der Waals surface area contributed by atoms with E-state index in [9.17, 15) is 4.79 Å².